The van der Waals surface area contributed by atoms with Gasteiger partial charge in [0.05, 0.1) is 17.5 Å². The Morgan fingerprint density at radius 2 is 2.22 bits per heavy atom. The van der Waals surface area contributed by atoms with Gasteiger partial charge in [-0.3, -0.25) is 14.6 Å². The van der Waals surface area contributed by atoms with Crippen LogP contribution in [-0.2, 0) is 20.0 Å². The summed E-state index contributed by atoms with van der Waals surface area (Å²) >= 11 is 0. The predicted octanol–water partition coefficient (Wildman–Crippen LogP) is 1.95. The zero-order chi connectivity index (χ0) is 16.0. The number of hydrogen-bond acceptors (Lipinski definition) is 4. The van der Waals surface area contributed by atoms with Crippen LogP contribution in [0.5, 0.6) is 0 Å². The first-order valence-electron chi connectivity index (χ1n) is 8.07. The summed E-state index contributed by atoms with van der Waals surface area (Å²) in [6, 6.07) is 0. The number of hydrogen-bond donors (Lipinski definition) is 1. The van der Waals surface area contributed by atoms with Crippen LogP contribution in [0, 0.1) is 5.92 Å². The second kappa shape index (κ2) is 5.45. The lowest BCUT2D eigenvalue weighted by Gasteiger charge is -2.29. The van der Waals surface area contributed by atoms with Gasteiger partial charge < -0.3 is 5.11 Å². The van der Waals surface area contributed by atoms with Gasteiger partial charge in [0, 0.05) is 44.6 Å². The monoisotopic (exact) mass is 312 g/mol. The minimum Gasteiger partial charge on any atom is -0.478 e. The summed E-state index contributed by atoms with van der Waals surface area (Å²) < 4.78 is 1.67. The van der Waals surface area contributed by atoms with Gasteiger partial charge in [0.15, 0.2) is 0 Å². The molecular weight excluding hydrogens is 292 g/mol. The highest BCUT2D eigenvalue weighted by Gasteiger charge is 2.29. The zero-order valence-electron chi connectivity index (χ0n) is 13.2. The highest BCUT2D eigenvalue weighted by molar-refractivity contribution is 5.96. The number of aryl methyl sites for hydroxylation is 1. The van der Waals surface area contributed by atoms with E-state index in [2.05, 4.69) is 15.0 Å². The molecule has 0 spiro atoms. The molecule has 1 saturated carbocycles. The van der Waals surface area contributed by atoms with Gasteiger partial charge in [-0.05, 0) is 36.3 Å². The number of aromatic carboxylic acids is 1. The van der Waals surface area contributed by atoms with Crippen LogP contribution in [-0.4, -0.2) is 43.8 Å². The standard InChI is InChI=1S/C17H20N4O2/c1-20-9-13(7-19-20)16-15(17(22)23)14-4-5-21(8-11-2-3-11)10-12(14)6-18-16/h6-7,9,11H,2-5,8,10H2,1H3,(H,22,23). The number of carbonyl (C=O) groups is 1. The number of fused-ring (bicyclic) bond motifs is 1. The number of carboxylic acid groups (broad SMARTS) is 1. The van der Waals surface area contributed by atoms with E-state index < -0.39 is 5.97 Å². The Kier molecular flexibility index (Phi) is 3.41. The molecule has 6 nitrogen and oxygen atoms in total. The lowest BCUT2D eigenvalue weighted by Crippen LogP contribution is -2.33. The number of rotatable bonds is 4. The van der Waals surface area contributed by atoms with E-state index in [0.717, 1.165) is 48.7 Å². The Labute approximate surface area is 134 Å². The van der Waals surface area contributed by atoms with Gasteiger partial charge in [0.1, 0.15) is 0 Å². The third-order valence-corrected chi connectivity index (χ3v) is 4.75. The molecule has 0 amide bonds. The molecule has 0 unspecified atom stereocenters. The Morgan fingerprint density at radius 3 is 2.87 bits per heavy atom. The first kappa shape index (κ1) is 14.4. The Bertz CT molecular complexity index is 764. The third kappa shape index (κ3) is 2.74. The molecule has 3 heterocycles. The Hall–Kier alpha value is -2.21. The maximum absolute atomic E-state index is 11.9. The lowest BCUT2D eigenvalue weighted by molar-refractivity contribution is 0.0695. The minimum absolute atomic E-state index is 0.349. The van der Waals surface area contributed by atoms with Crippen molar-refractivity contribution in [2.24, 2.45) is 13.0 Å². The largest absolute Gasteiger partial charge is 0.478 e. The minimum atomic E-state index is -0.899. The van der Waals surface area contributed by atoms with E-state index in [4.69, 9.17) is 0 Å². The summed E-state index contributed by atoms with van der Waals surface area (Å²) in [6.45, 7) is 2.87. The highest BCUT2D eigenvalue weighted by atomic mass is 16.4. The van der Waals surface area contributed by atoms with Gasteiger partial charge >= 0.3 is 5.97 Å². The Balaban J connectivity index is 1.72. The summed E-state index contributed by atoms with van der Waals surface area (Å²) in [7, 11) is 1.82. The number of carboxylic acids is 1. The van der Waals surface area contributed by atoms with Gasteiger partial charge in [-0.15, -0.1) is 0 Å². The summed E-state index contributed by atoms with van der Waals surface area (Å²) in [6.07, 6.45) is 8.78. The van der Waals surface area contributed by atoms with Crippen LogP contribution in [0.1, 0.15) is 34.3 Å². The smallest absolute Gasteiger partial charge is 0.338 e. The number of nitrogens with zero attached hydrogens (tertiary/aromatic N) is 4. The average Bonchev–Trinajstić information content (AvgIpc) is 3.24. The first-order valence-corrected chi connectivity index (χ1v) is 8.07. The summed E-state index contributed by atoms with van der Waals surface area (Å²) in [5.74, 6) is -0.0537. The van der Waals surface area contributed by atoms with Crippen molar-refractivity contribution in [1.29, 1.82) is 0 Å². The Morgan fingerprint density at radius 1 is 1.39 bits per heavy atom. The van der Waals surface area contributed by atoms with E-state index >= 15 is 0 Å². The molecule has 2 aromatic heterocycles. The van der Waals surface area contributed by atoms with Crippen LogP contribution in [0.2, 0.25) is 0 Å². The third-order valence-electron chi connectivity index (χ3n) is 4.75. The van der Waals surface area contributed by atoms with E-state index in [0.29, 0.717) is 11.3 Å². The van der Waals surface area contributed by atoms with E-state index in [9.17, 15) is 9.90 Å². The molecule has 120 valence electrons. The van der Waals surface area contributed by atoms with Gasteiger partial charge in [0.2, 0.25) is 0 Å². The van der Waals surface area contributed by atoms with Crippen molar-refractivity contribution in [3.05, 3.63) is 35.3 Å². The van der Waals surface area contributed by atoms with Gasteiger partial charge in [0.25, 0.3) is 0 Å². The normalized spacial score (nSPS) is 18.0. The van der Waals surface area contributed by atoms with Crippen molar-refractivity contribution in [2.75, 3.05) is 13.1 Å². The molecule has 1 aliphatic carbocycles. The van der Waals surface area contributed by atoms with Crippen molar-refractivity contribution < 1.29 is 9.90 Å². The van der Waals surface area contributed by atoms with Crippen LogP contribution in [0.3, 0.4) is 0 Å². The molecule has 0 aromatic carbocycles. The van der Waals surface area contributed by atoms with Crippen LogP contribution >= 0.6 is 0 Å². The van der Waals surface area contributed by atoms with Crippen LogP contribution in [0.15, 0.2) is 18.6 Å². The predicted molar refractivity (Wildman–Crippen MR) is 85.1 cm³/mol. The molecule has 6 heteroatoms. The van der Waals surface area contributed by atoms with Crippen LogP contribution in [0.4, 0.5) is 0 Å². The molecule has 0 atom stereocenters. The van der Waals surface area contributed by atoms with Gasteiger partial charge in [-0.1, -0.05) is 0 Å². The molecule has 23 heavy (non-hydrogen) atoms. The molecule has 0 bridgehead atoms. The molecule has 4 rings (SSSR count). The quantitative estimate of drug-likeness (QED) is 0.934. The molecule has 2 aromatic rings. The number of pyridine rings is 1. The second-order valence-electron chi connectivity index (χ2n) is 6.62. The van der Waals surface area contributed by atoms with Crippen LogP contribution < -0.4 is 0 Å². The van der Waals surface area contributed by atoms with E-state index in [1.165, 1.54) is 12.8 Å². The van der Waals surface area contributed by atoms with Crippen molar-refractivity contribution in [2.45, 2.75) is 25.8 Å². The van der Waals surface area contributed by atoms with Crippen molar-refractivity contribution >= 4 is 5.97 Å². The van der Waals surface area contributed by atoms with Gasteiger partial charge in [-0.25, -0.2) is 4.79 Å². The molecule has 0 radical (unpaired) electrons. The maximum Gasteiger partial charge on any atom is 0.338 e. The fourth-order valence-corrected chi connectivity index (χ4v) is 3.41. The summed E-state index contributed by atoms with van der Waals surface area (Å²) in [5.41, 5.74) is 3.63. The summed E-state index contributed by atoms with van der Waals surface area (Å²) in [5, 5.41) is 13.9. The van der Waals surface area contributed by atoms with Crippen LogP contribution in [0.25, 0.3) is 11.3 Å². The highest BCUT2D eigenvalue weighted by Crippen LogP contribution is 2.33. The van der Waals surface area contributed by atoms with E-state index in [1.54, 1.807) is 10.9 Å². The van der Waals surface area contributed by atoms with Crippen molar-refractivity contribution in [3.8, 4) is 11.3 Å². The molecule has 0 saturated heterocycles. The molecular formula is C17H20N4O2. The zero-order valence-corrected chi connectivity index (χ0v) is 13.2. The van der Waals surface area contributed by atoms with Crippen molar-refractivity contribution in [1.82, 2.24) is 19.7 Å². The SMILES string of the molecule is Cn1cc(-c2ncc3c(c2C(=O)O)CCN(CC2CC2)C3)cn1. The second-order valence-corrected chi connectivity index (χ2v) is 6.62. The van der Waals surface area contributed by atoms with E-state index in [1.807, 2.05) is 19.4 Å². The van der Waals surface area contributed by atoms with Crippen molar-refractivity contribution in [3.63, 3.8) is 0 Å². The average molecular weight is 312 g/mol. The fourth-order valence-electron chi connectivity index (χ4n) is 3.41. The van der Waals surface area contributed by atoms with Gasteiger partial charge in [-0.2, -0.15) is 5.10 Å². The molecule has 1 aliphatic heterocycles. The fraction of sp³-hybridized carbons (Fsp3) is 0.471. The molecule has 1 fully saturated rings. The topological polar surface area (TPSA) is 71.2 Å². The molecule has 2 aliphatic rings. The van der Waals surface area contributed by atoms with E-state index in [-0.39, 0.29) is 0 Å². The summed E-state index contributed by atoms with van der Waals surface area (Å²) in [4.78, 5) is 18.8. The lowest BCUT2D eigenvalue weighted by atomic mass is 9.93. The first-order chi connectivity index (χ1) is 11.1. The number of aromatic nitrogens is 3. The molecule has 1 N–H and O–H groups in total. The maximum atomic E-state index is 11.9.